The lowest BCUT2D eigenvalue weighted by molar-refractivity contribution is 0.0794. The number of guanidine groups is 1. The van der Waals surface area contributed by atoms with Gasteiger partial charge in [-0.25, -0.2) is 0 Å². The highest BCUT2D eigenvalue weighted by atomic mass is 127. The first-order valence-corrected chi connectivity index (χ1v) is 11.3. The van der Waals surface area contributed by atoms with Gasteiger partial charge >= 0.3 is 0 Å². The molecule has 1 fully saturated rings. The minimum atomic E-state index is -0.616. The van der Waals surface area contributed by atoms with Crippen molar-refractivity contribution < 1.29 is 14.6 Å². The molecule has 29 heavy (non-hydrogen) atoms. The van der Waals surface area contributed by atoms with Crippen molar-refractivity contribution in [1.29, 1.82) is 0 Å². The first kappa shape index (κ1) is 26.3. The van der Waals surface area contributed by atoms with Crippen LogP contribution in [0.15, 0.2) is 29.3 Å². The molecule has 1 aromatic carbocycles. The maximum Gasteiger partial charge on any atom is 0.191 e. The van der Waals surface area contributed by atoms with Crippen molar-refractivity contribution in [2.45, 2.75) is 50.6 Å². The van der Waals surface area contributed by atoms with Crippen molar-refractivity contribution in [1.82, 2.24) is 10.6 Å². The van der Waals surface area contributed by atoms with Gasteiger partial charge < -0.3 is 25.2 Å². The lowest BCUT2D eigenvalue weighted by Gasteiger charge is -2.34. The van der Waals surface area contributed by atoms with Gasteiger partial charge in [0.2, 0.25) is 0 Å². The largest absolute Gasteiger partial charge is 0.491 e. The summed E-state index contributed by atoms with van der Waals surface area (Å²) in [6, 6.07) is 7.59. The summed E-state index contributed by atoms with van der Waals surface area (Å²) in [6.07, 6.45) is 3.71. The Bertz CT molecular complexity index is 608. The van der Waals surface area contributed by atoms with E-state index in [2.05, 4.69) is 16.9 Å². The monoisotopic (exact) mass is 537 g/mol. The van der Waals surface area contributed by atoms with Crippen molar-refractivity contribution in [3.63, 3.8) is 0 Å². The molecule has 1 unspecified atom stereocenters. The van der Waals surface area contributed by atoms with Crippen LogP contribution < -0.4 is 15.4 Å². The first-order chi connectivity index (χ1) is 13.5. The fourth-order valence-electron chi connectivity index (χ4n) is 3.09. The summed E-state index contributed by atoms with van der Waals surface area (Å²) in [6.45, 7) is 9.55. The van der Waals surface area contributed by atoms with E-state index in [9.17, 15) is 5.11 Å². The lowest BCUT2D eigenvalue weighted by Crippen LogP contribution is -2.42. The number of thioether (sulfide) groups is 1. The average molecular weight is 538 g/mol. The first-order valence-electron chi connectivity index (χ1n) is 10.1. The van der Waals surface area contributed by atoms with Crippen LogP contribution in [-0.4, -0.2) is 61.0 Å². The normalized spacial score (nSPS) is 17.4. The van der Waals surface area contributed by atoms with Crippen LogP contribution >= 0.6 is 35.7 Å². The molecule has 1 heterocycles. The standard InChI is InChI=1S/C21H35N3O3S.HI/c1-5-22-20(24-15-21(28-4)10-12-26-13-11-21)23-14-19(25)17-6-8-18(9-7-17)27-16(2)3;/h6-9,16,19,25H,5,10-15H2,1-4H3,(H2,22,23,24);1H. The minimum absolute atomic E-state index is 0. The van der Waals surface area contributed by atoms with Crippen molar-refractivity contribution in [2.24, 2.45) is 4.99 Å². The number of nitrogens with one attached hydrogen (secondary N) is 2. The second-order valence-corrected chi connectivity index (χ2v) is 8.60. The fourth-order valence-corrected chi connectivity index (χ4v) is 3.86. The van der Waals surface area contributed by atoms with Crippen LogP contribution in [0.1, 0.15) is 45.3 Å². The third kappa shape index (κ3) is 8.90. The van der Waals surface area contributed by atoms with E-state index >= 15 is 0 Å². The molecule has 0 aliphatic carbocycles. The molecular formula is C21H36IN3O3S. The van der Waals surface area contributed by atoms with Gasteiger partial charge in [0, 0.05) is 31.1 Å². The van der Waals surface area contributed by atoms with E-state index in [0.717, 1.165) is 56.4 Å². The van der Waals surface area contributed by atoms with E-state index in [1.165, 1.54) is 0 Å². The summed E-state index contributed by atoms with van der Waals surface area (Å²) >= 11 is 1.88. The second-order valence-electron chi connectivity index (χ2n) is 7.33. The predicted molar refractivity (Wildman–Crippen MR) is 133 cm³/mol. The Labute approximate surface area is 196 Å². The number of halogens is 1. The summed E-state index contributed by atoms with van der Waals surface area (Å²) in [5.74, 6) is 1.55. The van der Waals surface area contributed by atoms with Crippen molar-refractivity contribution >= 4 is 41.7 Å². The quantitative estimate of drug-likeness (QED) is 0.254. The number of nitrogens with zero attached hydrogens (tertiary/aromatic N) is 1. The summed E-state index contributed by atoms with van der Waals surface area (Å²) in [7, 11) is 0. The van der Waals surface area contributed by atoms with Crippen molar-refractivity contribution in [2.75, 3.05) is 39.1 Å². The number of aliphatic imine (C=N–C) groups is 1. The van der Waals surface area contributed by atoms with Gasteiger partial charge in [0.1, 0.15) is 5.75 Å². The summed E-state index contributed by atoms with van der Waals surface area (Å²) < 4.78 is 11.3. The number of ether oxygens (including phenoxy) is 2. The van der Waals surface area contributed by atoms with E-state index in [-0.39, 0.29) is 34.8 Å². The third-order valence-electron chi connectivity index (χ3n) is 4.81. The maximum atomic E-state index is 10.5. The molecule has 166 valence electrons. The highest BCUT2D eigenvalue weighted by Gasteiger charge is 2.31. The highest BCUT2D eigenvalue weighted by Crippen LogP contribution is 2.34. The smallest absolute Gasteiger partial charge is 0.191 e. The molecule has 0 amide bonds. The van der Waals surface area contributed by atoms with Gasteiger partial charge in [0.25, 0.3) is 0 Å². The van der Waals surface area contributed by atoms with E-state index < -0.39 is 6.10 Å². The topological polar surface area (TPSA) is 75.1 Å². The van der Waals surface area contributed by atoms with Gasteiger partial charge in [0.05, 0.1) is 18.8 Å². The van der Waals surface area contributed by atoms with Gasteiger partial charge in [-0.1, -0.05) is 12.1 Å². The Morgan fingerprint density at radius 3 is 2.45 bits per heavy atom. The zero-order chi connectivity index (χ0) is 20.4. The predicted octanol–water partition coefficient (Wildman–Crippen LogP) is 3.59. The molecule has 0 radical (unpaired) electrons. The van der Waals surface area contributed by atoms with Crippen molar-refractivity contribution in [3.05, 3.63) is 29.8 Å². The van der Waals surface area contributed by atoms with Gasteiger partial charge in [-0.3, -0.25) is 4.99 Å². The molecule has 0 spiro atoms. The fraction of sp³-hybridized carbons (Fsp3) is 0.667. The lowest BCUT2D eigenvalue weighted by atomic mass is 9.99. The molecule has 1 aliphatic heterocycles. The number of benzene rings is 1. The van der Waals surface area contributed by atoms with Crippen LogP contribution in [0.5, 0.6) is 5.75 Å². The number of aliphatic hydroxyl groups excluding tert-OH is 1. The highest BCUT2D eigenvalue weighted by molar-refractivity contribution is 14.0. The molecular weight excluding hydrogens is 501 g/mol. The van der Waals surface area contributed by atoms with Crippen LogP contribution in [0.3, 0.4) is 0 Å². The number of aliphatic hydroxyl groups is 1. The third-order valence-corrected chi connectivity index (χ3v) is 6.21. The molecule has 1 aliphatic rings. The summed E-state index contributed by atoms with van der Waals surface area (Å²) in [5.41, 5.74) is 0.851. The zero-order valence-electron chi connectivity index (χ0n) is 17.9. The van der Waals surface area contributed by atoms with E-state index in [4.69, 9.17) is 14.5 Å². The SMILES string of the molecule is CCNC(=NCC1(SC)CCOCC1)NCC(O)c1ccc(OC(C)C)cc1.I. The molecule has 0 aromatic heterocycles. The maximum absolute atomic E-state index is 10.5. The molecule has 0 bridgehead atoms. The zero-order valence-corrected chi connectivity index (χ0v) is 21.1. The molecule has 1 saturated heterocycles. The number of hydrogen-bond donors (Lipinski definition) is 3. The van der Waals surface area contributed by atoms with Crippen LogP contribution in [0.4, 0.5) is 0 Å². The van der Waals surface area contributed by atoms with E-state index in [1.54, 1.807) is 0 Å². The van der Waals surface area contributed by atoms with Gasteiger partial charge in [-0.15, -0.1) is 24.0 Å². The molecule has 8 heteroatoms. The van der Waals surface area contributed by atoms with E-state index in [1.807, 2.05) is 56.8 Å². The number of hydrogen-bond acceptors (Lipinski definition) is 5. The molecule has 2 rings (SSSR count). The second kappa shape index (κ2) is 13.6. The van der Waals surface area contributed by atoms with E-state index in [0.29, 0.717) is 6.54 Å². The van der Waals surface area contributed by atoms with Crippen LogP contribution in [0, 0.1) is 0 Å². The van der Waals surface area contributed by atoms with Gasteiger partial charge in [-0.05, 0) is 57.6 Å². The van der Waals surface area contributed by atoms with Crippen LogP contribution in [0.2, 0.25) is 0 Å². The molecule has 0 saturated carbocycles. The summed E-state index contributed by atoms with van der Waals surface area (Å²) in [5, 5.41) is 17.0. The Kier molecular flexibility index (Phi) is 12.3. The van der Waals surface area contributed by atoms with Gasteiger partial charge in [-0.2, -0.15) is 11.8 Å². The molecule has 3 N–H and O–H groups in total. The van der Waals surface area contributed by atoms with Crippen LogP contribution in [-0.2, 0) is 4.74 Å². The van der Waals surface area contributed by atoms with Crippen LogP contribution in [0.25, 0.3) is 0 Å². The van der Waals surface area contributed by atoms with Crippen molar-refractivity contribution in [3.8, 4) is 5.75 Å². The van der Waals surface area contributed by atoms with Gasteiger partial charge in [0.15, 0.2) is 5.96 Å². The Balaban J connectivity index is 0.00000420. The molecule has 1 atom stereocenters. The molecule has 1 aromatic rings. The number of rotatable bonds is 9. The molecule has 6 nitrogen and oxygen atoms in total. The Morgan fingerprint density at radius 1 is 1.24 bits per heavy atom. The Hall–Kier alpha value is -0.710. The Morgan fingerprint density at radius 2 is 1.90 bits per heavy atom. The average Bonchev–Trinajstić information content (AvgIpc) is 2.70. The minimum Gasteiger partial charge on any atom is -0.491 e. The summed E-state index contributed by atoms with van der Waals surface area (Å²) in [4.78, 5) is 4.78.